The van der Waals surface area contributed by atoms with Gasteiger partial charge >= 0.3 is 0 Å². The molecule has 6 heteroatoms. The molecule has 1 unspecified atom stereocenters. The summed E-state index contributed by atoms with van der Waals surface area (Å²) in [7, 11) is 0. The van der Waals surface area contributed by atoms with Crippen LogP contribution in [0.15, 0.2) is 60.9 Å². The second kappa shape index (κ2) is 6.25. The van der Waals surface area contributed by atoms with Gasteiger partial charge in [-0.15, -0.1) is 0 Å². The first-order valence-corrected chi connectivity index (χ1v) is 9.20. The van der Waals surface area contributed by atoms with Gasteiger partial charge in [0.1, 0.15) is 0 Å². The topological polar surface area (TPSA) is 93.4 Å². The van der Waals surface area contributed by atoms with Crippen molar-refractivity contribution in [1.29, 1.82) is 0 Å². The lowest BCUT2D eigenvalue weighted by Crippen LogP contribution is -2.45. The minimum absolute atomic E-state index is 0.132. The van der Waals surface area contributed by atoms with Gasteiger partial charge in [-0.05, 0) is 49.2 Å². The zero-order valence-corrected chi connectivity index (χ0v) is 14.8. The minimum atomic E-state index is -0.209. The summed E-state index contributed by atoms with van der Waals surface area (Å²) in [6, 6.07) is 15.9. The van der Waals surface area contributed by atoms with E-state index in [0.29, 0.717) is 0 Å². The number of pyridine rings is 1. The van der Waals surface area contributed by atoms with Crippen molar-refractivity contribution in [3.05, 3.63) is 72.3 Å². The van der Waals surface area contributed by atoms with Crippen molar-refractivity contribution in [1.82, 2.24) is 25.4 Å². The summed E-state index contributed by atoms with van der Waals surface area (Å²) in [5, 5.41) is 17.0. The first-order valence-electron chi connectivity index (χ1n) is 9.20. The first-order chi connectivity index (χ1) is 13.3. The summed E-state index contributed by atoms with van der Waals surface area (Å²) in [4.78, 5) is 4.57. The fraction of sp³-hybridized carbons (Fsp3) is 0.238. The number of nitrogens with one attached hydrogen (secondary N) is 1. The summed E-state index contributed by atoms with van der Waals surface area (Å²) in [6.07, 6.45) is 6.88. The van der Waals surface area contributed by atoms with Gasteiger partial charge in [0, 0.05) is 28.3 Å². The molecule has 6 nitrogen and oxygen atoms in total. The first kappa shape index (κ1) is 16.1. The van der Waals surface area contributed by atoms with Gasteiger partial charge in [-0.25, -0.2) is 0 Å². The van der Waals surface area contributed by atoms with Crippen molar-refractivity contribution in [2.45, 2.75) is 30.7 Å². The van der Waals surface area contributed by atoms with Crippen LogP contribution in [0.5, 0.6) is 0 Å². The number of benzene rings is 1. The number of H-pyrrole nitrogens is 1. The average molecular weight is 356 g/mol. The number of fused-ring (bicyclic) bond motifs is 1. The molecule has 1 atom stereocenters. The van der Waals surface area contributed by atoms with Crippen LogP contribution < -0.4 is 5.73 Å². The van der Waals surface area contributed by atoms with Crippen molar-refractivity contribution < 1.29 is 0 Å². The number of aromatic amines is 1. The van der Waals surface area contributed by atoms with Crippen LogP contribution >= 0.6 is 0 Å². The van der Waals surface area contributed by atoms with Crippen LogP contribution in [0.1, 0.15) is 36.7 Å². The standard InChI is InChI=1S/C21H20N6/c22-20(21(9-3-10-21)19-4-1-2-11-23-19)18-8-7-16(26-27-18)14-5-6-17-15(12-14)13-24-25-17/h1-2,4-8,11-13,20H,3,9-10,22H2,(H,24,25). The largest absolute Gasteiger partial charge is 0.322 e. The number of hydrogen-bond donors (Lipinski definition) is 2. The van der Waals surface area contributed by atoms with E-state index in [-0.39, 0.29) is 11.5 Å². The van der Waals surface area contributed by atoms with Gasteiger partial charge in [0.2, 0.25) is 0 Å². The molecule has 1 aliphatic rings. The Bertz CT molecular complexity index is 1070. The van der Waals surface area contributed by atoms with Crippen LogP contribution in [0.25, 0.3) is 22.2 Å². The third kappa shape index (κ3) is 2.61. The van der Waals surface area contributed by atoms with E-state index in [4.69, 9.17) is 5.73 Å². The van der Waals surface area contributed by atoms with Crippen molar-refractivity contribution in [2.24, 2.45) is 5.73 Å². The van der Waals surface area contributed by atoms with E-state index in [2.05, 4.69) is 37.5 Å². The van der Waals surface area contributed by atoms with Crippen molar-refractivity contribution in [3.8, 4) is 11.3 Å². The molecular formula is C21H20N6. The zero-order chi connectivity index (χ0) is 18.3. The molecule has 3 N–H and O–H groups in total. The van der Waals surface area contributed by atoms with Crippen LogP contribution in [0.3, 0.4) is 0 Å². The number of nitrogens with zero attached hydrogens (tertiary/aromatic N) is 4. The van der Waals surface area contributed by atoms with Crippen molar-refractivity contribution in [3.63, 3.8) is 0 Å². The van der Waals surface area contributed by atoms with E-state index < -0.39 is 0 Å². The maximum atomic E-state index is 6.66. The maximum Gasteiger partial charge on any atom is 0.0930 e. The van der Waals surface area contributed by atoms with Crippen LogP contribution in [0.4, 0.5) is 0 Å². The number of aromatic nitrogens is 5. The molecule has 0 spiro atoms. The summed E-state index contributed by atoms with van der Waals surface area (Å²) in [6.45, 7) is 0. The van der Waals surface area contributed by atoms with E-state index in [0.717, 1.165) is 46.4 Å². The SMILES string of the molecule is NC(c1ccc(-c2ccc3[nH]ncc3c2)nn1)C1(c2ccccn2)CCC1. The minimum Gasteiger partial charge on any atom is -0.322 e. The molecule has 0 aliphatic heterocycles. The number of rotatable bonds is 4. The van der Waals surface area contributed by atoms with E-state index in [1.54, 1.807) is 0 Å². The van der Waals surface area contributed by atoms with Gasteiger partial charge in [-0.2, -0.15) is 15.3 Å². The lowest BCUT2D eigenvalue weighted by atomic mass is 9.61. The Morgan fingerprint density at radius 1 is 1.04 bits per heavy atom. The van der Waals surface area contributed by atoms with Crippen LogP contribution in [0.2, 0.25) is 0 Å². The molecule has 1 aliphatic carbocycles. The zero-order valence-electron chi connectivity index (χ0n) is 14.8. The quantitative estimate of drug-likeness (QED) is 0.583. The fourth-order valence-electron chi connectivity index (χ4n) is 3.99. The molecule has 0 radical (unpaired) electrons. The molecule has 4 aromatic rings. The van der Waals surface area contributed by atoms with E-state index in [9.17, 15) is 0 Å². The third-order valence-corrected chi connectivity index (χ3v) is 5.76. The fourth-order valence-corrected chi connectivity index (χ4v) is 3.99. The van der Waals surface area contributed by atoms with Gasteiger partial charge in [0.05, 0.1) is 29.1 Å². The molecule has 134 valence electrons. The van der Waals surface area contributed by atoms with Crippen LogP contribution in [-0.4, -0.2) is 25.4 Å². The van der Waals surface area contributed by atoms with Crippen molar-refractivity contribution in [2.75, 3.05) is 0 Å². The predicted octanol–water partition coefficient (Wildman–Crippen LogP) is 3.54. The van der Waals surface area contributed by atoms with E-state index >= 15 is 0 Å². The molecular weight excluding hydrogens is 336 g/mol. The second-order valence-electron chi connectivity index (χ2n) is 7.22. The summed E-state index contributed by atoms with van der Waals surface area (Å²) in [5.41, 5.74) is 11.2. The highest BCUT2D eigenvalue weighted by Crippen LogP contribution is 2.50. The lowest BCUT2D eigenvalue weighted by molar-refractivity contribution is 0.187. The second-order valence-corrected chi connectivity index (χ2v) is 7.22. The Balaban J connectivity index is 1.46. The molecule has 0 saturated heterocycles. The van der Waals surface area contributed by atoms with Gasteiger partial charge in [-0.1, -0.05) is 18.6 Å². The molecule has 0 amide bonds. The molecule has 5 rings (SSSR count). The predicted molar refractivity (Wildman–Crippen MR) is 104 cm³/mol. The average Bonchev–Trinajstić information content (AvgIpc) is 3.16. The monoisotopic (exact) mass is 356 g/mol. The highest BCUT2D eigenvalue weighted by Gasteiger charge is 2.46. The van der Waals surface area contributed by atoms with E-state index in [1.807, 2.05) is 48.8 Å². The van der Waals surface area contributed by atoms with Gasteiger partial charge in [-0.3, -0.25) is 10.1 Å². The summed E-state index contributed by atoms with van der Waals surface area (Å²) >= 11 is 0. The van der Waals surface area contributed by atoms with Crippen LogP contribution in [-0.2, 0) is 5.41 Å². The molecule has 1 saturated carbocycles. The molecule has 1 aromatic carbocycles. The number of nitrogens with two attached hydrogens (primary N) is 1. The van der Waals surface area contributed by atoms with Gasteiger partial charge in [0.25, 0.3) is 0 Å². The van der Waals surface area contributed by atoms with Crippen molar-refractivity contribution >= 4 is 10.9 Å². The highest BCUT2D eigenvalue weighted by atomic mass is 15.1. The molecule has 27 heavy (non-hydrogen) atoms. The van der Waals surface area contributed by atoms with Crippen LogP contribution in [0, 0.1) is 0 Å². The summed E-state index contributed by atoms with van der Waals surface area (Å²) < 4.78 is 0. The highest BCUT2D eigenvalue weighted by molar-refractivity contribution is 5.83. The summed E-state index contributed by atoms with van der Waals surface area (Å²) in [5.74, 6) is 0. The smallest absolute Gasteiger partial charge is 0.0930 e. The third-order valence-electron chi connectivity index (χ3n) is 5.76. The van der Waals surface area contributed by atoms with Gasteiger partial charge < -0.3 is 5.73 Å². The molecule has 3 heterocycles. The van der Waals surface area contributed by atoms with Gasteiger partial charge in [0.15, 0.2) is 0 Å². The Labute approximate surface area is 156 Å². The maximum absolute atomic E-state index is 6.66. The Morgan fingerprint density at radius 3 is 2.67 bits per heavy atom. The number of hydrogen-bond acceptors (Lipinski definition) is 5. The molecule has 0 bridgehead atoms. The Kier molecular flexibility index (Phi) is 3.72. The van der Waals surface area contributed by atoms with E-state index in [1.165, 1.54) is 6.42 Å². The molecule has 1 fully saturated rings. The Hall–Kier alpha value is -3.12. The Morgan fingerprint density at radius 2 is 1.96 bits per heavy atom. The normalized spacial score (nSPS) is 16.8. The lowest BCUT2D eigenvalue weighted by Gasteiger charge is -2.45. The molecule has 3 aromatic heterocycles.